The topological polar surface area (TPSA) is 48.3 Å². The van der Waals surface area contributed by atoms with Gasteiger partial charge in [-0.1, -0.05) is 24.3 Å². The maximum absolute atomic E-state index is 12.0. The summed E-state index contributed by atoms with van der Waals surface area (Å²) in [6.07, 6.45) is 0. The minimum absolute atomic E-state index is 0.0108. The Morgan fingerprint density at radius 3 is 2.73 bits per heavy atom. The molecule has 0 unspecified atom stereocenters. The second-order valence-corrected chi connectivity index (χ2v) is 6.60. The Kier molecular flexibility index (Phi) is 4.31. The number of ether oxygens (including phenoxy) is 1. The van der Waals surface area contributed by atoms with Gasteiger partial charge in [0, 0.05) is 16.8 Å². The first-order valence-electron chi connectivity index (χ1n) is 6.76. The van der Waals surface area contributed by atoms with Gasteiger partial charge < -0.3 is 4.74 Å². The van der Waals surface area contributed by atoms with Crippen LogP contribution in [0, 0.1) is 0 Å². The number of benzene rings is 2. The van der Waals surface area contributed by atoms with Gasteiger partial charge in [-0.05, 0) is 42.7 Å². The molecular formula is C16H13NO3S2. The number of fused-ring (bicyclic) bond motifs is 1. The van der Waals surface area contributed by atoms with Gasteiger partial charge in [-0.2, -0.15) is 0 Å². The van der Waals surface area contributed by atoms with Crippen LogP contribution in [0.2, 0.25) is 0 Å². The molecular weight excluding hydrogens is 318 g/mol. The number of carbonyl (C=O) groups is 1. The molecule has 1 aromatic heterocycles. The fourth-order valence-electron chi connectivity index (χ4n) is 2.06. The molecule has 0 saturated heterocycles. The molecule has 0 aliphatic carbocycles. The molecule has 0 atom stereocenters. The first-order valence-corrected chi connectivity index (χ1v) is 8.31. The summed E-state index contributed by atoms with van der Waals surface area (Å²) >= 11 is 2.48. The molecule has 0 radical (unpaired) electrons. The lowest BCUT2D eigenvalue weighted by Gasteiger charge is -2.08. The van der Waals surface area contributed by atoms with Crippen LogP contribution in [0.3, 0.4) is 0 Å². The van der Waals surface area contributed by atoms with Gasteiger partial charge in [0.05, 0.1) is 23.1 Å². The van der Waals surface area contributed by atoms with Gasteiger partial charge in [-0.3, -0.25) is 4.79 Å². The summed E-state index contributed by atoms with van der Waals surface area (Å²) in [7, 11) is 0. The Morgan fingerprint density at radius 1 is 1.18 bits per heavy atom. The highest BCUT2D eigenvalue weighted by Gasteiger charge is 2.15. The highest BCUT2D eigenvalue weighted by Crippen LogP contribution is 2.29. The van der Waals surface area contributed by atoms with E-state index in [9.17, 15) is 9.59 Å². The van der Waals surface area contributed by atoms with E-state index >= 15 is 0 Å². The molecule has 0 fully saturated rings. The van der Waals surface area contributed by atoms with E-state index in [1.54, 1.807) is 19.1 Å². The molecule has 3 aromatic rings. The average molecular weight is 331 g/mol. The molecule has 6 heteroatoms. The SMILES string of the molecule is CCOC(=O)c1ccccc1Sn1sc(=O)c2ccccc21. The van der Waals surface area contributed by atoms with Crippen molar-refractivity contribution in [2.45, 2.75) is 11.8 Å². The predicted molar refractivity (Wildman–Crippen MR) is 89.7 cm³/mol. The number of rotatable bonds is 4. The lowest BCUT2D eigenvalue weighted by molar-refractivity contribution is 0.0522. The zero-order valence-corrected chi connectivity index (χ0v) is 13.4. The normalized spacial score (nSPS) is 10.8. The number of hydrogen-bond donors (Lipinski definition) is 0. The zero-order chi connectivity index (χ0) is 15.5. The van der Waals surface area contributed by atoms with Crippen LogP contribution in [-0.4, -0.2) is 15.9 Å². The predicted octanol–water partition coefficient (Wildman–Crippen LogP) is 3.80. The Balaban J connectivity index is 2.03. The second kappa shape index (κ2) is 6.37. The smallest absolute Gasteiger partial charge is 0.339 e. The standard InChI is InChI=1S/C16H13NO3S2/c1-2-20-15(18)12-8-4-6-10-14(12)21-17-13-9-5-3-7-11(13)16(19)22-17/h3-10H,2H2,1H3. The van der Waals surface area contributed by atoms with Gasteiger partial charge in [-0.25, -0.2) is 8.16 Å². The number of hydrogen-bond acceptors (Lipinski definition) is 5. The summed E-state index contributed by atoms with van der Waals surface area (Å²) in [6.45, 7) is 2.11. The van der Waals surface area contributed by atoms with E-state index in [4.69, 9.17) is 4.74 Å². The quantitative estimate of drug-likeness (QED) is 0.682. The Labute approximate surface area is 135 Å². The van der Waals surface area contributed by atoms with E-state index in [2.05, 4.69) is 0 Å². The van der Waals surface area contributed by atoms with E-state index in [1.807, 2.05) is 39.8 Å². The van der Waals surface area contributed by atoms with Gasteiger partial charge in [0.15, 0.2) is 0 Å². The lowest BCUT2D eigenvalue weighted by atomic mass is 10.2. The Bertz CT molecular complexity index is 882. The van der Waals surface area contributed by atoms with Crippen molar-refractivity contribution in [1.82, 2.24) is 3.36 Å². The molecule has 0 aliphatic heterocycles. The van der Waals surface area contributed by atoms with Crippen molar-refractivity contribution in [2.24, 2.45) is 0 Å². The molecule has 0 aliphatic rings. The van der Waals surface area contributed by atoms with Gasteiger partial charge in [0.1, 0.15) is 0 Å². The molecule has 4 nitrogen and oxygen atoms in total. The Morgan fingerprint density at radius 2 is 1.91 bits per heavy atom. The monoisotopic (exact) mass is 331 g/mol. The molecule has 0 amide bonds. The minimum Gasteiger partial charge on any atom is -0.462 e. The maximum Gasteiger partial charge on any atom is 0.339 e. The number of nitrogens with zero attached hydrogens (tertiary/aromatic N) is 1. The molecule has 22 heavy (non-hydrogen) atoms. The number of para-hydroxylation sites is 1. The van der Waals surface area contributed by atoms with Crippen molar-refractivity contribution in [2.75, 3.05) is 6.61 Å². The molecule has 3 rings (SSSR count). The highest BCUT2D eigenvalue weighted by molar-refractivity contribution is 7.99. The van der Waals surface area contributed by atoms with Crippen molar-refractivity contribution in [3.8, 4) is 0 Å². The first-order chi connectivity index (χ1) is 10.7. The molecule has 112 valence electrons. The van der Waals surface area contributed by atoms with E-state index in [0.717, 1.165) is 21.9 Å². The zero-order valence-electron chi connectivity index (χ0n) is 11.8. The van der Waals surface area contributed by atoms with Crippen LogP contribution in [0.4, 0.5) is 0 Å². The van der Waals surface area contributed by atoms with E-state index < -0.39 is 0 Å². The highest BCUT2D eigenvalue weighted by atomic mass is 32.2. The summed E-state index contributed by atoms with van der Waals surface area (Å²) in [4.78, 5) is 24.8. The Hall–Kier alpha value is -2.05. The van der Waals surface area contributed by atoms with Crippen LogP contribution >= 0.6 is 23.5 Å². The summed E-state index contributed by atoms with van der Waals surface area (Å²) in [5, 5.41) is 0.689. The summed E-state index contributed by atoms with van der Waals surface area (Å²) in [6, 6.07) is 14.7. The van der Waals surface area contributed by atoms with Gasteiger partial charge in [-0.15, -0.1) is 0 Å². The van der Waals surface area contributed by atoms with Crippen molar-refractivity contribution in [3.63, 3.8) is 0 Å². The largest absolute Gasteiger partial charge is 0.462 e. The van der Waals surface area contributed by atoms with Crippen molar-refractivity contribution in [3.05, 3.63) is 63.6 Å². The van der Waals surface area contributed by atoms with Crippen LogP contribution in [-0.2, 0) is 4.74 Å². The lowest BCUT2D eigenvalue weighted by Crippen LogP contribution is -2.06. The van der Waals surface area contributed by atoms with Crippen molar-refractivity contribution >= 4 is 40.4 Å². The van der Waals surface area contributed by atoms with Gasteiger partial charge in [0.2, 0.25) is 0 Å². The first kappa shape index (κ1) is 14.9. The minimum atomic E-state index is -0.352. The molecule has 0 saturated carbocycles. The second-order valence-electron chi connectivity index (χ2n) is 4.46. The van der Waals surface area contributed by atoms with Crippen LogP contribution in [0.15, 0.2) is 58.2 Å². The number of carbonyl (C=O) groups excluding carboxylic acids is 1. The third-order valence-electron chi connectivity index (χ3n) is 3.05. The van der Waals surface area contributed by atoms with Crippen LogP contribution in [0.25, 0.3) is 10.9 Å². The molecule has 0 N–H and O–H groups in total. The van der Waals surface area contributed by atoms with Gasteiger partial charge >= 0.3 is 5.97 Å². The van der Waals surface area contributed by atoms with E-state index in [0.29, 0.717) is 17.6 Å². The molecule has 1 heterocycles. The summed E-state index contributed by atoms with van der Waals surface area (Å²) < 4.78 is 6.92. The molecule has 0 spiro atoms. The third kappa shape index (κ3) is 2.80. The average Bonchev–Trinajstić information content (AvgIpc) is 2.85. The van der Waals surface area contributed by atoms with Gasteiger partial charge in [0.25, 0.3) is 4.74 Å². The number of esters is 1. The number of aromatic nitrogens is 1. The van der Waals surface area contributed by atoms with Crippen molar-refractivity contribution in [1.29, 1.82) is 0 Å². The van der Waals surface area contributed by atoms with Crippen LogP contribution < -0.4 is 4.74 Å². The fourth-order valence-corrected chi connectivity index (χ4v) is 4.16. The summed E-state index contributed by atoms with van der Waals surface area (Å²) in [5.74, 6) is -0.352. The van der Waals surface area contributed by atoms with Crippen LogP contribution in [0.5, 0.6) is 0 Å². The fraction of sp³-hybridized carbons (Fsp3) is 0.125. The summed E-state index contributed by atoms with van der Waals surface area (Å²) in [5.41, 5.74) is 1.35. The maximum atomic E-state index is 12.0. The van der Waals surface area contributed by atoms with Crippen LogP contribution in [0.1, 0.15) is 17.3 Å². The molecule has 0 bridgehead atoms. The van der Waals surface area contributed by atoms with E-state index in [1.165, 1.54) is 11.9 Å². The third-order valence-corrected chi connectivity index (χ3v) is 5.16. The van der Waals surface area contributed by atoms with E-state index in [-0.39, 0.29) is 10.7 Å². The molecule has 2 aromatic carbocycles. The van der Waals surface area contributed by atoms with Crippen molar-refractivity contribution < 1.29 is 9.53 Å².